The van der Waals surface area contributed by atoms with Crippen molar-refractivity contribution in [1.29, 1.82) is 0 Å². The molecule has 0 atom stereocenters. The lowest BCUT2D eigenvalue weighted by atomic mass is 10.2. The molecule has 0 radical (unpaired) electrons. The van der Waals surface area contributed by atoms with E-state index in [9.17, 15) is 18.8 Å². The van der Waals surface area contributed by atoms with Gasteiger partial charge in [-0.1, -0.05) is 35.9 Å². The molecule has 2 aromatic heterocycles. The fraction of sp³-hybridized carbons (Fsp3) is 0.0870. The molecule has 1 amide bonds. The minimum absolute atomic E-state index is 0.0565. The van der Waals surface area contributed by atoms with Gasteiger partial charge >= 0.3 is 5.69 Å². The van der Waals surface area contributed by atoms with E-state index in [1.165, 1.54) is 12.1 Å². The van der Waals surface area contributed by atoms with Crippen LogP contribution in [0.1, 0.15) is 21.7 Å². The van der Waals surface area contributed by atoms with Gasteiger partial charge < -0.3 is 5.32 Å². The molecule has 166 valence electrons. The van der Waals surface area contributed by atoms with E-state index in [0.717, 1.165) is 21.4 Å². The number of carbonyl (C=O) groups excluding carboxylic acids is 1. The van der Waals surface area contributed by atoms with Crippen LogP contribution in [0.15, 0.2) is 82.5 Å². The van der Waals surface area contributed by atoms with Gasteiger partial charge in [0, 0.05) is 11.2 Å². The molecule has 10 heteroatoms. The Morgan fingerprint density at radius 1 is 1.00 bits per heavy atom. The van der Waals surface area contributed by atoms with Crippen LogP contribution in [0.2, 0.25) is 5.02 Å². The zero-order valence-electron chi connectivity index (χ0n) is 17.1. The fourth-order valence-corrected chi connectivity index (χ4v) is 3.30. The summed E-state index contributed by atoms with van der Waals surface area (Å²) in [7, 11) is 0. The topological polar surface area (TPSA) is 98.9 Å². The van der Waals surface area contributed by atoms with E-state index >= 15 is 0 Å². The van der Waals surface area contributed by atoms with Crippen molar-refractivity contribution in [3.63, 3.8) is 0 Å². The van der Waals surface area contributed by atoms with Gasteiger partial charge in [-0.05, 0) is 48.0 Å². The normalized spacial score (nSPS) is 10.7. The van der Waals surface area contributed by atoms with Crippen molar-refractivity contribution in [2.45, 2.75) is 13.1 Å². The number of hydrogen-bond acceptors (Lipinski definition) is 5. The Morgan fingerprint density at radius 2 is 1.73 bits per heavy atom. The van der Waals surface area contributed by atoms with E-state index in [0.29, 0.717) is 16.3 Å². The first kappa shape index (κ1) is 22.1. The molecule has 4 aromatic rings. The highest BCUT2D eigenvalue weighted by Gasteiger charge is 2.21. The number of halogens is 2. The Hall–Kier alpha value is -4.11. The van der Waals surface area contributed by atoms with Crippen molar-refractivity contribution in [1.82, 2.24) is 24.6 Å². The molecule has 0 bridgehead atoms. The number of aromatic nitrogens is 4. The number of carbonyl (C=O) groups is 1. The molecule has 0 unspecified atom stereocenters. The van der Waals surface area contributed by atoms with Crippen LogP contribution in [0.4, 0.5) is 4.39 Å². The second-order valence-corrected chi connectivity index (χ2v) is 7.41. The van der Waals surface area contributed by atoms with Crippen LogP contribution in [-0.4, -0.2) is 25.2 Å². The Morgan fingerprint density at radius 3 is 2.42 bits per heavy atom. The smallest absolute Gasteiger partial charge is 0.345 e. The van der Waals surface area contributed by atoms with Gasteiger partial charge in [-0.3, -0.25) is 19.1 Å². The van der Waals surface area contributed by atoms with E-state index in [2.05, 4.69) is 15.4 Å². The zero-order valence-corrected chi connectivity index (χ0v) is 17.9. The van der Waals surface area contributed by atoms with Gasteiger partial charge in [0.2, 0.25) is 5.69 Å². The summed E-state index contributed by atoms with van der Waals surface area (Å²) in [6.45, 7) is -0.122. The molecular weight excluding hydrogens is 449 g/mol. The highest BCUT2D eigenvalue weighted by Crippen LogP contribution is 2.15. The number of nitrogens with one attached hydrogen (secondary N) is 1. The van der Waals surface area contributed by atoms with Crippen molar-refractivity contribution < 1.29 is 9.18 Å². The minimum atomic E-state index is -0.878. The second kappa shape index (κ2) is 9.58. The van der Waals surface area contributed by atoms with Crippen LogP contribution in [0.3, 0.4) is 0 Å². The van der Waals surface area contributed by atoms with Crippen LogP contribution in [-0.2, 0) is 13.1 Å². The summed E-state index contributed by atoms with van der Waals surface area (Å²) in [5.41, 5.74) is -0.899. The minimum Gasteiger partial charge on any atom is -0.345 e. The molecule has 8 nitrogen and oxygen atoms in total. The molecule has 0 fully saturated rings. The molecule has 0 aliphatic heterocycles. The van der Waals surface area contributed by atoms with Crippen LogP contribution >= 0.6 is 11.6 Å². The van der Waals surface area contributed by atoms with E-state index < -0.39 is 28.7 Å². The van der Waals surface area contributed by atoms with Gasteiger partial charge in [0.25, 0.3) is 11.5 Å². The number of nitrogens with zero attached hydrogens (tertiary/aromatic N) is 4. The van der Waals surface area contributed by atoms with Gasteiger partial charge in [0.05, 0.1) is 24.5 Å². The van der Waals surface area contributed by atoms with Gasteiger partial charge in [0.15, 0.2) is 0 Å². The molecule has 1 N–H and O–H groups in total. The first-order valence-corrected chi connectivity index (χ1v) is 10.2. The average Bonchev–Trinajstić information content (AvgIpc) is 2.83. The molecular formula is C23H17ClFN5O3. The Bertz CT molecular complexity index is 1420. The third kappa shape index (κ3) is 4.88. The molecule has 4 rings (SSSR count). The first-order chi connectivity index (χ1) is 15.9. The van der Waals surface area contributed by atoms with E-state index in [1.807, 2.05) is 0 Å². The van der Waals surface area contributed by atoms with E-state index in [4.69, 9.17) is 11.6 Å². The molecule has 2 heterocycles. The maximum Gasteiger partial charge on any atom is 0.352 e. The summed E-state index contributed by atoms with van der Waals surface area (Å²) in [5, 5.41) is 6.94. The molecule has 0 aliphatic carbocycles. The zero-order chi connectivity index (χ0) is 23.4. The third-order valence-electron chi connectivity index (χ3n) is 4.79. The lowest BCUT2D eigenvalue weighted by Gasteiger charge is -2.13. The van der Waals surface area contributed by atoms with E-state index in [1.54, 1.807) is 48.7 Å². The van der Waals surface area contributed by atoms with Crippen LogP contribution in [0, 0.1) is 5.82 Å². The van der Waals surface area contributed by atoms with Crippen molar-refractivity contribution in [2.24, 2.45) is 0 Å². The predicted molar refractivity (Wildman–Crippen MR) is 120 cm³/mol. The van der Waals surface area contributed by atoms with Crippen molar-refractivity contribution in [3.8, 4) is 5.69 Å². The largest absolute Gasteiger partial charge is 0.352 e. The third-order valence-corrected chi connectivity index (χ3v) is 5.16. The SMILES string of the molecule is O=C(NCc1ccccn1)c1nn(-c2ccc(F)cc2)c(=O)n(Cc2ccccc2Cl)c1=O. The molecule has 33 heavy (non-hydrogen) atoms. The number of rotatable bonds is 6. The Balaban J connectivity index is 1.79. The quantitative estimate of drug-likeness (QED) is 0.472. The Labute approximate surface area is 191 Å². The van der Waals surface area contributed by atoms with Gasteiger partial charge in [-0.25, -0.2) is 9.18 Å². The van der Waals surface area contributed by atoms with Crippen LogP contribution in [0.5, 0.6) is 0 Å². The van der Waals surface area contributed by atoms with Gasteiger partial charge in [-0.2, -0.15) is 9.78 Å². The molecule has 0 spiro atoms. The molecule has 2 aromatic carbocycles. The molecule has 0 saturated heterocycles. The van der Waals surface area contributed by atoms with Gasteiger partial charge in [0.1, 0.15) is 5.82 Å². The predicted octanol–water partition coefficient (Wildman–Crippen LogP) is 2.56. The summed E-state index contributed by atoms with van der Waals surface area (Å²) < 4.78 is 15.2. The highest BCUT2D eigenvalue weighted by atomic mass is 35.5. The molecule has 0 saturated carbocycles. The van der Waals surface area contributed by atoms with Crippen molar-refractivity contribution in [2.75, 3.05) is 0 Å². The highest BCUT2D eigenvalue weighted by molar-refractivity contribution is 6.31. The average molecular weight is 466 g/mol. The monoisotopic (exact) mass is 465 g/mol. The maximum absolute atomic E-state index is 13.4. The number of benzene rings is 2. The lowest BCUT2D eigenvalue weighted by Crippen LogP contribution is -2.46. The summed E-state index contributed by atoms with van der Waals surface area (Å²) in [5.74, 6) is -1.29. The van der Waals surface area contributed by atoms with Crippen molar-refractivity contribution >= 4 is 17.5 Å². The van der Waals surface area contributed by atoms with Crippen LogP contribution in [0.25, 0.3) is 5.69 Å². The maximum atomic E-state index is 13.4. The molecule has 0 aliphatic rings. The van der Waals surface area contributed by atoms with Crippen LogP contribution < -0.4 is 16.6 Å². The number of hydrogen-bond donors (Lipinski definition) is 1. The number of amides is 1. The number of pyridine rings is 1. The first-order valence-electron chi connectivity index (χ1n) is 9.85. The summed E-state index contributed by atoms with van der Waals surface area (Å²) in [4.78, 5) is 43.2. The second-order valence-electron chi connectivity index (χ2n) is 7.01. The lowest BCUT2D eigenvalue weighted by molar-refractivity contribution is 0.0940. The van der Waals surface area contributed by atoms with Crippen molar-refractivity contribution in [3.05, 3.63) is 122 Å². The van der Waals surface area contributed by atoms with Gasteiger partial charge in [-0.15, -0.1) is 0 Å². The fourth-order valence-electron chi connectivity index (χ4n) is 3.10. The summed E-state index contributed by atoms with van der Waals surface area (Å²) in [6, 6.07) is 16.9. The van der Waals surface area contributed by atoms with E-state index in [-0.39, 0.29) is 18.8 Å². The summed E-state index contributed by atoms with van der Waals surface area (Å²) >= 11 is 6.21. The summed E-state index contributed by atoms with van der Waals surface area (Å²) in [6.07, 6.45) is 1.57. The standard InChI is InChI=1S/C23H17ClFN5O3/c24-19-7-2-1-5-15(19)14-29-22(32)20(21(31)27-13-17-6-3-4-12-26-17)28-30(23(29)33)18-10-8-16(25)9-11-18/h1-12H,13-14H2,(H,27,31). The Kier molecular flexibility index (Phi) is 6.41.